The van der Waals surface area contributed by atoms with Gasteiger partial charge in [0.1, 0.15) is 11.3 Å². The van der Waals surface area contributed by atoms with Crippen LogP contribution in [-0.4, -0.2) is 33.6 Å². The number of hydrogen-bond acceptors (Lipinski definition) is 4. The molecule has 3 heterocycles. The Labute approximate surface area is 106 Å². The van der Waals surface area contributed by atoms with Crippen molar-refractivity contribution in [1.29, 1.82) is 0 Å². The van der Waals surface area contributed by atoms with Crippen LogP contribution in [0.5, 0.6) is 0 Å². The summed E-state index contributed by atoms with van der Waals surface area (Å²) in [7, 11) is 0. The molecule has 1 aliphatic heterocycles. The molecule has 1 N–H and O–H groups in total. The molecule has 5 heteroatoms. The van der Waals surface area contributed by atoms with Crippen LogP contribution >= 0.6 is 0 Å². The van der Waals surface area contributed by atoms with Crippen molar-refractivity contribution in [2.75, 3.05) is 18.5 Å². The number of hydrogen-bond donors (Lipinski definition) is 1. The van der Waals surface area contributed by atoms with Gasteiger partial charge in [-0.3, -0.25) is 4.40 Å². The summed E-state index contributed by atoms with van der Waals surface area (Å²) in [6.07, 6.45) is 9.18. The highest BCUT2D eigenvalue weighted by Crippen LogP contribution is 2.17. The molecule has 96 valence electrons. The molecular weight excluding hydrogens is 228 g/mol. The Morgan fingerprint density at radius 3 is 3.22 bits per heavy atom. The van der Waals surface area contributed by atoms with Crippen LogP contribution in [0.15, 0.2) is 18.6 Å². The summed E-state index contributed by atoms with van der Waals surface area (Å²) in [4.78, 5) is 8.79. The van der Waals surface area contributed by atoms with Crippen molar-refractivity contribution in [3.63, 3.8) is 0 Å². The molecule has 0 bridgehead atoms. The van der Waals surface area contributed by atoms with Gasteiger partial charge in [0.25, 0.3) is 0 Å². The van der Waals surface area contributed by atoms with Crippen LogP contribution in [-0.2, 0) is 11.2 Å². The minimum absolute atomic E-state index is 0.320. The van der Waals surface area contributed by atoms with Crippen molar-refractivity contribution >= 4 is 11.3 Å². The normalized spacial score (nSPS) is 19.5. The van der Waals surface area contributed by atoms with E-state index in [1.165, 1.54) is 0 Å². The van der Waals surface area contributed by atoms with Crippen molar-refractivity contribution in [1.82, 2.24) is 14.4 Å². The number of ether oxygens (including phenoxy) is 1. The lowest BCUT2D eigenvalue weighted by Gasteiger charge is -2.12. The Bertz CT molecular complexity index is 531. The fraction of sp³-hybridized carbons (Fsp3) is 0.538. The molecule has 1 unspecified atom stereocenters. The van der Waals surface area contributed by atoms with E-state index in [1.807, 2.05) is 18.6 Å². The van der Waals surface area contributed by atoms with E-state index in [9.17, 15) is 0 Å². The van der Waals surface area contributed by atoms with Crippen molar-refractivity contribution in [3.05, 3.63) is 24.4 Å². The number of fused-ring (bicyclic) bond motifs is 1. The number of anilines is 1. The van der Waals surface area contributed by atoms with E-state index in [1.54, 1.807) is 0 Å². The largest absolute Gasteiger partial charge is 0.376 e. The number of aryl methyl sites for hydroxylation is 1. The first-order valence-electron chi connectivity index (χ1n) is 6.55. The molecule has 5 nitrogen and oxygen atoms in total. The van der Waals surface area contributed by atoms with Gasteiger partial charge in [0.15, 0.2) is 5.82 Å². The average Bonchev–Trinajstić information content (AvgIpc) is 3.05. The monoisotopic (exact) mass is 246 g/mol. The van der Waals surface area contributed by atoms with E-state index in [2.05, 4.69) is 26.6 Å². The molecule has 1 fully saturated rings. The third-order valence-electron chi connectivity index (χ3n) is 3.37. The Morgan fingerprint density at radius 1 is 1.50 bits per heavy atom. The molecule has 1 saturated heterocycles. The first-order valence-corrected chi connectivity index (χ1v) is 6.55. The molecule has 1 aliphatic rings. The topological polar surface area (TPSA) is 51.5 Å². The Balaban J connectivity index is 1.80. The summed E-state index contributed by atoms with van der Waals surface area (Å²) in [5, 5.41) is 3.37. The summed E-state index contributed by atoms with van der Waals surface area (Å²) < 4.78 is 7.69. The summed E-state index contributed by atoms with van der Waals surface area (Å²) in [5.74, 6) is 1.95. The number of nitrogens with zero attached hydrogens (tertiary/aromatic N) is 3. The number of imidazole rings is 1. The zero-order valence-electron chi connectivity index (χ0n) is 10.6. The third kappa shape index (κ3) is 2.06. The van der Waals surface area contributed by atoms with Crippen LogP contribution in [0.1, 0.15) is 25.6 Å². The number of rotatable bonds is 4. The minimum atomic E-state index is 0.320. The molecule has 0 spiro atoms. The molecule has 0 aromatic carbocycles. The smallest absolute Gasteiger partial charge is 0.152 e. The minimum Gasteiger partial charge on any atom is -0.376 e. The summed E-state index contributed by atoms with van der Waals surface area (Å²) in [6, 6.07) is 0. The predicted octanol–water partition coefficient (Wildman–Crippen LogP) is 1.88. The maximum atomic E-state index is 5.60. The molecular formula is C13H18N4O. The van der Waals surface area contributed by atoms with Gasteiger partial charge in [-0.2, -0.15) is 0 Å². The summed E-state index contributed by atoms with van der Waals surface area (Å²) in [6.45, 7) is 3.81. The quantitative estimate of drug-likeness (QED) is 0.895. The van der Waals surface area contributed by atoms with Gasteiger partial charge in [-0.1, -0.05) is 6.92 Å². The molecule has 0 aliphatic carbocycles. The number of aromatic nitrogens is 3. The zero-order chi connectivity index (χ0) is 12.4. The highest BCUT2D eigenvalue weighted by atomic mass is 16.5. The predicted molar refractivity (Wildman–Crippen MR) is 69.8 cm³/mol. The summed E-state index contributed by atoms with van der Waals surface area (Å²) in [5.41, 5.74) is 1.03. The molecule has 0 amide bonds. The van der Waals surface area contributed by atoms with Crippen molar-refractivity contribution < 1.29 is 4.74 Å². The molecule has 1 atom stereocenters. The molecule has 3 rings (SSSR count). The molecule has 18 heavy (non-hydrogen) atoms. The lowest BCUT2D eigenvalue weighted by molar-refractivity contribution is 0.120. The second-order valence-electron chi connectivity index (χ2n) is 4.58. The fourth-order valence-electron chi connectivity index (χ4n) is 2.40. The van der Waals surface area contributed by atoms with Gasteiger partial charge in [-0.15, -0.1) is 0 Å². The highest BCUT2D eigenvalue weighted by molar-refractivity contribution is 5.67. The van der Waals surface area contributed by atoms with E-state index in [4.69, 9.17) is 4.74 Å². The third-order valence-corrected chi connectivity index (χ3v) is 3.37. The summed E-state index contributed by atoms with van der Waals surface area (Å²) >= 11 is 0. The lowest BCUT2D eigenvalue weighted by atomic mass is 10.2. The molecule has 0 saturated carbocycles. The Morgan fingerprint density at radius 2 is 2.44 bits per heavy atom. The second kappa shape index (κ2) is 4.94. The zero-order valence-corrected chi connectivity index (χ0v) is 10.6. The van der Waals surface area contributed by atoms with Gasteiger partial charge in [0.05, 0.1) is 12.3 Å². The van der Waals surface area contributed by atoms with Crippen LogP contribution in [0.2, 0.25) is 0 Å². The lowest BCUT2D eigenvalue weighted by Crippen LogP contribution is -2.19. The Hall–Kier alpha value is -1.62. The van der Waals surface area contributed by atoms with Gasteiger partial charge in [0, 0.05) is 32.0 Å². The van der Waals surface area contributed by atoms with Crippen molar-refractivity contribution in [2.45, 2.75) is 32.3 Å². The molecule has 2 aromatic heterocycles. The van der Waals surface area contributed by atoms with Crippen LogP contribution < -0.4 is 5.32 Å². The van der Waals surface area contributed by atoms with Crippen molar-refractivity contribution in [3.8, 4) is 0 Å². The van der Waals surface area contributed by atoms with Gasteiger partial charge >= 0.3 is 0 Å². The fourth-order valence-corrected chi connectivity index (χ4v) is 2.40. The average molecular weight is 246 g/mol. The van der Waals surface area contributed by atoms with Crippen LogP contribution in [0, 0.1) is 0 Å². The van der Waals surface area contributed by atoms with Gasteiger partial charge in [0.2, 0.25) is 0 Å². The number of nitrogens with one attached hydrogen (secondary N) is 1. The van der Waals surface area contributed by atoms with E-state index in [0.29, 0.717) is 6.10 Å². The second-order valence-corrected chi connectivity index (χ2v) is 4.58. The molecule has 2 aromatic rings. The first kappa shape index (κ1) is 11.5. The van der Waals surface area contributed by atoms with Gasteiger partial charge in [-0.25, -0.2) is 9.97 Å². The van der Waals surface area contributed by atoms with Crippen LogP contribution in [0.3, 0.4) is 0 Å². The highest BCUT2D eigenvalue weighted by Gasteiger charge is 2.16. The van der Waals surface area contributed by atoms with E-state index in [-0.39, 0.29) is 0 Å². The van der Waals surface area contributed by atoms with Gasteiger partial charge in [-0.05, 0) is 12.8 Å². The SMILES string of the molecule is CCc1ncc2c(NCC3CCCO3)nccn12. The van der Waals surface area contributed by atoms with Crippen molar-refractivity contribution in [2.24, 2.45) is 0 Å². The van der Waals surface area contributed by atoms with E-state index >= 15 is 0 Å². The maximum Gasteiger partial charge on any atom is 0.152 e. The van der Waals surface area contributed by atoms with Gasteiger partial charge < -0.3 is 10.1 Å². The van der Waals surface area contributed by atoms with E-state index in [0.717, 1.165) is 49.6 Å². The maximum absolute atomic E-state index is 5.60. The first-order chi connectivity index (χ1) is 8.88. The molecule has 0 radical (unpaired) electrons. The Kier molecular flexibility index (Phi) is 3.15. The van der Waals surface area contributed by atoms with Crippen LogP contribution in [0.4, 0.5) is 5.82 Å². The standard InChI is InChI=1S/C13H18N4O/c1-2-12-15-9-11-13(14-5-6-17(11)12)16-8-10-4-3-7-18-10/h5-6,9-10H,2-4,7-8H2,1H3,(H,14,16). The van der Waals surface area contributed by atoms with E-state index < -0.39 is 0 Å². The van der Waals surface area contributed by atoms with Crippen LogP contribution in [0.25, 0.3) is 5.52 Å².